The van der Waals surface area contributed by atoms with Crippen molar-refractivity contribution in [1.29, 1.82) is 0 Å². The van der Waals surface area contributed by atoms with E-state index in [1.165, 1.54) is 11.0 Å². The molecule has 0 spiro atoms. The van der Waals surface area contributed by atoms with Crippen molar-refractivity contribution in [2.45, 2.75) is 6.92 Å². The number of nitrogens with zero attached hydrogens (tertiary/aromatic N) is 5. The number of thiazole rings is 1. The summed E-state index contributed by atoms with van der Waals surface area (Å²) in [6.07, 6.45) is 1.54. The predicted molar refractivity (Wildman–Crippen MR) is 134 cm³/mol. The van der Waals surface area contributed by atoms with Crippen molar-refractivity contribution in [3.05, 3.63) is 71.6 Å². The van der Waals surface area contributed by atoms with Crippen molar-refractivity contribution in [1.82, 2.24) is 19.7 Å². The lowest BCUT2D eigenvalue weighted by atomic mass is 10.2. The van der Waals surface area contributed by atoms with Crippen molar-refractivity contribution in [2.24, 2.45) is 0 Å². The summed E-state index contributed by atoms with van der Waals surface area (Å²) in [5.74, 6) is -1.70. The van der Waals surface area contributed by atoms with Crippen LogP contribution in [0.1, 0.15) is 16.1 Å². The first-order valence-corrected chi connectivity index (χ1v) is 11.8. The standard InChI is InChI=1S/C24H23F2N5O2S.ClH/c1-16-19(15-27-31(16)18-5-3-2-4-6-18)23(32)30(8-7-29-9-11-33-12-10-29)24-28-22-20(26)13-17(25)14-21(22)34-24;/h2-6,13-15H,7-12H2,1H3;1H. The van der Waals surface area contributed by atoms with Gasteiger partial charge in [-0.15, -0.1) is 12.4 Å². The number of aromatic nitrogens is 3. The maximum atomic E-state index is 14.3. The van der Waals surface area contributed by atoms with Gasteiger partial charge in [0.15, 0.2) is 10.9 Å². The number of halogens is 3. The van der Waals surface area contributed by atoms with Crippen molar-refractivity contribution in [3.63, 3.8) is 0 Å². The van der Waals surface area contributed by atoms with Crippen LogP contribution in [0.25, 0.3) is 15.9 Å². The van der Waals surface area contributed by atoms with Crippen LogP contribution in [0.2, 0.25) is 0 Å². The highest BCUT2D eigenvalue weighted by Gasteiger charge is 2.26. The van der Waals surface area contributed by atoms with E-state index in [1.54, 1.807) is 10.9 Å². The lowest BCUT2D eigenvalue weighted by molar-refractivity contribution is 0.0391. The second-order valence-corrected chi connectivity index (χ2v) is 9.04. The topological polar surface area (TPSA) is 63.5 Å². The molecule has 2 aromatic carbocycles. The van der Waals surface area contributed by atoms with E-state index in [0.29, 0.717) is 47.4 Å². The fourth-order valence-corrected chi connectivity index (χ4v) is 5.04. The van der Waals surface area contributed by atoms with E-state index in [0.717, 1.165) is 36.2 Å². The Balaban J connectivity index is 0.00000289. The zero-order chi connectivity index (χ0) is 23.7. The largest absolute Gasteiger partial charge is 0.379 e. The van der Waals surface area contributed by atoms with E-state index < -0.39 is 11.6 Å². The van der Waals surface area contributed by atoms with Crippen LogP contribution in [-0.2, 0) is 4.74 Å². The number of fused-ring (bicyclic) bond motifs is 1. The molecule has 0 radical (unpaired) electrons. The molecule has 2 aromatic heterocycles. The number of hydrogen-bond donors (Lipinski definition) is 0. The highest BCUT2D eigenvalue weighted by molar-refractivity contribution is 7.22. The number of morpholine rings is 1. The number of carbonyl (C=O) groups excluding carboxylic acids is 1. The molecule has 1 aliphatic rings. The van der Waals surface area contributed by atoms with E-state index in [9.17, 15) is 13.6 Å². The van der Waals surface area contributed by atoms with Crippen LogP contribution >= 0.6 is 23.7 Å². The van der Waals surface area contributed by atoms with Crippen molar-refractivity contribution in [2.75, 3.05) is 44.3 Å². The number of carbonyl (C=O) groups is 1. The van der Waals surface area contributed by atoms with Gasteiger partial charge in [-0.05, 0) is 25.1 Å². The molecule has 35 heavy (non-hydrogen) atoms. The zero-order valence-electron chi connectivity index (χ0n) is 19.0. The highest BCUT2D eigenvalue weighted by Crippen LogP contribution is 2.32. The fraction of sp³-hybridized carbons (Fsp3) is 0.292. The second kappa shape index (κ2) is 10.8. The van der Waals surface area contributed by atoms with Gasteiger partial charge in [0, 0.05) is 32.2 Å². The van der Waals surface area contributed by atoms with Crippen LogP contribution in [0.5, 0.6) is 0 Å². The number of para-hydroxylation sites is 1. The summed E-state index contributed by atoms with van der Waals surface area (Å²) in [5.41, 5.74) is 2.02. The van der Waals surface area contributed by atoms with E-state index in [2.05, 4.69) is 15.0 Å². The second-order valence-electron chi connectivity index (χ2n) is 8.03. The fourth-order valence-electron chi connectivity index (χ4n) is 4.01. The smallest absolute Gasteiger partial charge is 0.263 e. The lowest BCUT2D eigenvalue weighted by Crippen LogP contribution is -2.43. The van der Waals surface area contributed by atoms with Gasteiger partial charge in [-0.3, -0.25) is 14.6 Å². The van der Waals surface area contributed by atoms with Crippen LogP contribution in [0.3, 0.4) is 0 Å². The Kier molecular flexibility index (Phi) is 7.75. The number of ether oxygens (including phenoxy) is 1. The zero-order valence-corrected chi connectivity index (χ0v) is 20.6. The molecule has 1 aliphatic heterocycles. The molecule has 5 rings (SSSR count). The number of anilines is 1. The molecule has 0 saturated carbocycles. The molecule has 0 aliphatic carbocycles. The molecule has 4 aromatic rings. The normalized spacial score (nSPS) is 14.1. The van der Waals surface area contributed by atoms with E-state index in [-0.39, 0.29) is 23.8 Å². The molecule has 0 N–H and O–H groups in total. The van der Waals surface area contributed by atoms with Crippen molar-refractivity contribution in [3.8, 4) is 5.69 Å². The Labute approximate surface area is 211 Å². The maximum Gasteiger partial charge on any atom is 0.263 e. The molecule has 7 nitrogen and oxygen atoms in total. The number of amides is 1. The molecular weight excluding hydrogens is 496 g/mol. The average molecular weight is 520 g/mol. The van der Waals surface area contributed by atoms with Gasteiger partial charge in [-0.25, -0.2) is 18.4 Å². The first-order chi connectivity index (χ1) is 16.5. The van der Waals surface area contributed by atoms with Gasteiger partial charge in [0.25, 0.3) is 5.91 Å². The molecule has 184 valence electrons. The van der Waals surface area contributed by atoms with Gasteiger partial charge < -0.3 is 4.74 Å². The molecule has 0 bridgehead atoms. The summed E-state index contributed by atoms with van der Waals surface area (Å²) in [6.45, 7) is 5.61. The molecule has 1 saturated heterocycles. The Hall–Kier alpha value is -2.92. The van der Waals surface area contributed by atoms with Gasteiger partial charge in [0.2, 0.25) is 0 Å². The number of rotatable bonds is 6. The summed E-state index contributed by atoms with van der Waals surface area (Å²) in [5, 5.41) is 4.74. The summed E-state index contributed by atoms with van der Waals surface area (Å²) in [7, 11) is 0. The van der Waals surface area contributed by atoms with Crippen LogP contribution < -0.4 is 4.90 Å². The van der Waals surface area contributed by atoms with Gasteiger partial charge >= 0.3 is 0 Å². The van der Waals surface area contributed by atoms with E-state index in [1.807, 2.05) is 37.3 Å². The van der Waals surface area contributed by atoms with Crippen LogP contribution in [0.15, 0.2) is 48.7 Å². The molecular formula is C24H24ClF2N5O2S. The first kappa shape index (κ1) is 25.2. The Morgan fingerprint density at radius 2 is 1.91 bits per heavy atom. The maximum absolute atomic E-state index is 14.3. The van der Waals surface area contributed by atoms with E-state index in [4.69, 9.17) is 4.74 Å². The summed E-state index contributed by atoms with van der Waals surface area (Å²) < 4.78 is 35.6. The quantitative estimate of drug-likeness (QED) is 0.376. The molecule has 0 atom stereocenters. The average Bonchev–Trinajstić information content (AvgIpc) is 3.44. The molecule has 11 heteroatoms. The summed E-state index contributed by atoms with van der Waals surface area (Å²) in [4.78, 5) is 21.9. The van der Waals surface area contributed by atoms with E-state index >= 15 is 0 Å². The van der Waals surface area contributed by atoms with Crippen LogP contribution in [-0.4, -0.2) is 65.0 Å². The number of hydrogen-bond acceptors (Lipinski definition) is 6. The minimum absolute atomic E-state index is 0. The Bertz CT molecular complexity index is 1320. The number of benzene rings is 2. The lowest BCUT2D eigenvalue weighted by Gasteiger charge is -2.29. The first-order valence-electron chi connectivity index (χ1n) is 11.0. The van der Waals surface area contributed by atoms with Crippen molar-refractivity contribution >= 4 is 45.0 Å². The summed E-state index contributed by atoms with van der Waals surface area (Å²) in [6, 6.07) is 11.6. The predicted octanol–water partition coefficient (Wildman–Crippen LogP) is 4.47. The Morgan fingerprint density at radius 3 is 2.66 bits per heavy atom. The van der Waals surface area contributed by atoms with Crippen LogP contribution in [0.4, 0.5) is 13.9 Å². The van der Waals surface area contributed by atoms with Gasteiger partial charge in [0.05, 0.1) is 41.1 Å². The monoisotopic (exact) mass is 519 g/mol. The third kappa shape index (κ3) is 5.20. The highest BCUT2D eigenvalue weighted by atomic mass is 35.5. The SMILES string of the molecule is Cc1c(C(=O)N(CCN2CCOCC2)c2nc3c(F)cc(F)cc3s2)cnn1-c1ccccc1.Cl. The minimum atomic E-state index is -0.744. The van der Waals surface area contributed by atoms with Crippen molar-refractivity contribution < 1.29 is 18.3 Å². The third-order valence-corrected chi connectivity index (χ3v) is 6.89. The molecule has 3 heterocycles. The van der Waals surface area contributed by atoms with Gasteiger partial charge in [0.1, 0.15) is 11.3 Å². The minimum Gasteiger partial charge on any atom is -0.379 e. The summed E-state index contributed by atoms with van der Waals surface area (Å²) >= 11 is 1.10. The molecule has 0 unspecified atom stereocenters. The van der Waals surface area contributed by atoms with Gasteiger partial charge in [-0.1, -0.05) is 29.5 Å². The third-order valence-electron chi connectivity index (χ3n) is 5.86. The molecule has 1 fully saturated rings. The Morgan fingerprint density at radius 1 is 1.17 bits per heavy atom. The van der Waals surface area contributed by atoms with Gasteiger partial charge in [-0.2, -0.15) is 5.10 Å². The molecule has 1 amide bonds. The van der Waals surface area contributed by atoms with Crippen LogP contribution in [0, 0.1) is 18.6 Å².